The summed E-state index contributed by atoms with van der Waals surface area (Å²) in [5, 5.41) is 38.8. The van der Waals surface area contributed by atoms with Gasteiger partial charge in [0.25, 0.3) is 0 Å². The van der Waals surface area contributed by atoms with Crippen LogP contribution in [0.5, 0.6) is 5.75 Å². The predicted octanol–water partition coefficient (Wildman–Crippen LogP) is -3.94. The number of nitrogens with one attached hydrogen (secondary N) is 4. The molecule has 0 saturated carbocycles. The number of benzene rings is 1. The van der Waals surface area contributed by atoms with E-state index in [0.29, 0.717) is 12.0 Å². The van der Waals surface area contributed by atoms with Gasteiger partial charge in [0.15, 0.2) is 0 Å². The molecule has 2 aliphatic rings. The fourth-order valence-corrected chi connectivity index (χ4v) is 6.85. The lowest BCUT2D eigenvalue weighted by Crippen LogP contribution is -2.60. The molecule has 11 N–H and O–H groups in total. The summed E-state index contributed by atoms with van der Waals surface area (Å²) >= 11 is 0. The van der Waals surface area contributed by atoms with Gasteiger partial charge in [0.05, 0.1) is 19.3 Å². The molecule has 3 rings (SSSR count). The summed E-state index contributed by atoms with van der Waals surface area (Å²) in [5.41, 5.74) is 11.7. The lowest BCUT2D eigenvalue weighted by atomic mass is 10.0. The maximum Gasteiger partial charge on any atom is 0.248 e. The highest BCUT2D eigenvalue weighted by Crippen LogP contribution is 2.24. The Labute approximate surface area is 260 Å². The molecule has 18 heteroatoms. The monoisotopic (exact) mass is 655 g/mol. The van der Waals surface area contributed by atoms with E-state index in [4.69, 9.17) is 11.5 Å². The Morgan fingerprint density at radius 3 is 2.32 bits per heavy atom. The fraction of sp³-hybridized carbons (Fsp3) is 0.538. The van der Waals surface area contributed by atoms with Crippen LogP contribution in [0.4, 0.5) is 0 Å². The van der Waals surface area contributed by atoms with E-state index in [9.17, 15) is 44.1 Å². The van der Waals surface area contributed by atoms with Crippen molar-refractivity contribution in [2.24, 2.45) is 11.5 Å². The zero-order valence-electron chi connectivity index (χ0n) is 23.6. The van der Waals surface area contributed by atoms with Crippen LogP contribution in [0.25, 0.3) is 0 Å². The van der Waals surface area contributed by atoms with Gasteiger partial charge in [-0.15, -0.1) is 0 Å². The van der Waals surface area contributed by atoms with Crippen molar-refractivity contribution in [1.82, 2.24) is 26.2 Å². The third-order valence-corrected chi connectivity index (χ3v) is 9.47. The van der Waals surface area contributed by atoms with Crippen molar-refractivity contribution in [1.29, 1.82) is 0 Å². The molecule has 242 valence electrons. The van der Waals surface area contributed by atoms with Crippen molar-refractivity contribution in [2.75, 3.05) is 31.3 Å². The number of primary amides is 1. The highest BCUT2D eigenvalue weighted by atomic mass is 33.1. The highest BCUT2D eigenvalue weighted by molar-refractivity contribution is 8.76. The third kappa shape index (κ3) is 9.46. The highest BCUT2D eigenvalue weighted by Gasteiger charge is 2.39. The summed E-state index contributed by atoms with van der Waals surface area (Å²) in [6.45, 7) is -1.29. The van der Waals surface area contributed by atoms with Crippen LogP contribution >= 0.6 is 21.6 Å². The molecule has 6 amide bonds. The van der Waals surface area contributed by atoms with Gasteiger partial charge >= 0.3 is 0 Å². The third-order valence-electron chi connectivity index (χ3n) is 7.02. The second-order valence-electron chi connectivity index (χ2n) is 10.2. The van der Waals surface area contributed by atoms with Crippen LogP contribution in [0.2, 0.25) is 0 Å². The molecule has 2 fully saturated rings. The number of nitrogens with zero attached hydrogens (tertiary/aromatic N) is 1. The van der Waals surface area contributed by atoms with E-state index >= 15 is 0 Å². The number of aliphatic hydroxyl groups excluding tert-OH is 2. The average Bonchev–Trinajstić information content (AvgIpc) is 3.49. The summed E-state index contributed by atoms with van der Waals surface area (Å²) < 4.78 is 0. The first-order valence-corrected chi connectivity index (χ1v) is 16.2. The predicted molar refractivity (Wildman–Crippen MR) is 161 cm³/mol. The van der Waals surface area contributed by atoms with E-state index < -0.39 is 84.9 Å². The molecule has 2 saturated heterocycles. The van der Waals surface area contributed by atoms with Crippen molar-refractivity contribution in [3.8, 4) is 5.75 Å². The van der Waals surface area contributed by atoms with Crippen molar-refractivity contribution >= 4 is 57.0 Å². The Kier molecular flexibility index (Phi) is 13.1. The topological polar surface area (TPSA) is 267 Å². The zero-order chi connectivity index (χ0) is 32.4. The number of aromatic hydroxyl groups is 1. The van der Waals surface area contributed by atoms with Crippen LogP contribution in [0.3, 0.4) is 0 Å². The van der Waals surface area contributed by atoms with Gasteiger partial charge in [0.2, 0.25) is 35.4 Å². The second-order valence-corrected chi connectivity index (χ2v) is 12.8. The van der Waals surface area contributed by atoms with Crippen LogP contribution in [0.15, 0.2) is 24.3 Å². The van der Waals surface area contributed by atoms with Gasteiger partial charge in [-0.3, -0.25) is 28.8 Å². The molecule has 0 spiro atoms. The Balaban J connectivity index is 1.85. The lowest BCUT2D eigenvalue weighted by molar-refractivity contribution is -0.143. The van der Waals surface area contributed by atoms with Gasteiger partial charge in [0, 0.05) is 24.5 Å². The van der Waals surface area contributed by atoms with E-state index in [2.05, 4.69) is 21.3 Å². The first-order valence-electron chi connectivity index (χ1n) is 13.8. The van der Waals surface area contributed by atoms with E-state index in [1.807, 2.05) is 0 Å². The van der Waals surface area contributed by atoms with E-state index in [0.717, 1.165) is 21.6 Å². The maximum atomic E-state index is 13.6. The van der Waals surface area contributed by atoms with Crippen molar-refractivity contribution in [3.63, 3.8) is 0 Å². The summed E-state index contributed by atoms with van der Waals surface area (Å²) in [5.74, 6) is -4.49. The maximum absolute atomic E-state index is 13.6. The number of carbonyl (C=O) groups excluding carboxylic acids is 6. The Morgan fingerprint density at radius 1 is 1.00 bits per heavy atom. The molecule has 44 heavy (non-hydrogen) atoms. The van der Waals surface area contributed by atoms with Crippen LogP contribution in [-0.4, -0.2) is 123 Å². The average molecular weight is 656 g/mol. The summed E-state index contributed by atoms with van der Waals surface area (Å²) in [7, 11) is 2.29. The SMILES string of the molecule is NC(=O)[C@H](CO)NC(=O)[C@H](Cc1ccc(O)cc1)NC(=O)[C@@H]1CSSC[C@H](N)C(=O)N[C@@H](CO)C(=O)N2CCC[C@H]2C(=O)N1. The van der Waals surface area contributed by atoms with Crippen molar-refractivity contribution in [2.45, 2.75) is 55.5 Å². The Bertz CT molecular complexity index is 1220. The summed E-state index contributed by atoms with van der Waals surface area (Å²) in [4.78, 5) is 78.7. The van der Waals surface area contributed by atoms with Gasteiger partial charge in [-0.05, 0) is 30.5 Å². The quantitative estimate of drug-likeness (QED) is 0.115. The molecular weight excluding hydrogens is 618 g/mol. The first-order chi connectivity index (χ1) is 20.9. The molecule has 1 aromatic carbocycles. The van der Waals surface area contributed by atoms with Gasteiger partial charge in [0.1, 0.15) is 36.0 Å². The first kappa shape index (κ1) is 34.9. The Morgan fingerprint density at radius 2 is 1.68 bits per heavy atom. The van der Waals surface area contributed by atoms with E-state index in [1.165, 1.54) is 29.2 Å². The number of carbonyl (C=O) groups is 6. The minimum absolute atomic E-state index is 0.00932. The Hall–Kier alpha value is -3.58. The molecule has 0 bridgehead atoms. The molecule has 0 aromatic heterocycles. The number of phenols is 1. The molecule has 1 aromatic rings. The second kappa shape index (κ2) is 16.5. The summed E-state index contributed by atoms with van der Waals surface area (Å²) in [6.07, 6.45) is 0.660. The van der Waals surface area contributed by atoms with Gasteiger partial charge in [-0.25, -0.2) is 0 Å². The molecule has 6 atom stereocenters. The largest absolute Gasteiger partial charge is 0.508 e. The molecule has 0 unspecified atom stereocenters. The van der Waals surface area contributed by atoms with Gasteiger partial charge in [-0.2, -0.15) is 0 Å². The van der Waals surface area contributed by atoms with Crippen molar-refractivity contribution in [3.05, 3.63) is 29.8 Å². The lowest BCUT2D eigenvalue weighted by Gasteiger charge is -2.30. The smallest absolute Gasteiger partial charge is 0.248 e. The molecule has 0 aliphatic carbocycles. The van der Waals surface area contributed by atoms with Crippen LogP contribution in [-0.2, 0) is 35.2 Å². The number of hydrogen-bond donors (Lipinski definition) is 9. The summed E-state index contributed by atoms with van der Waals surface area (Å²) in [6, 6.07) is -1.40. The van der Waals surface area contributed by atoms with Crippen LogP contribution in [0.1, 0.15) is 18.4 Å². The number of fused-ring (bicyclic) bond motifs is 1. The molecule has 2 aliphatic heterocycles. The molecule has 16 nitrogen and oxygen atoms in total. The van der Waals surface area contributed by atoms with E-state index in [1.54, 1.807) is 0 Å². The molecule has 2 heterocycles. The minimum Gasteiger partial charge on any atom is -0.508 e. The molecular formula is C26H37N7O9S2. The van der Waals surface area contributed by atoms with Crippen LogP contribution < -0.4 is 32.7 Å². The number of hydrogen-bond acceptors (Lipinski definition) is 12. The normalized spacial score (nSPS) is 24.6. The number of nitrogens with two attached hydrogens (primary N) is 2. The molecule has 0 radical (unpaired) electrons. The van der Waals surface area contributed by atoms with Gasteiger partial charge in [-0.1, -0.05) is 33.7 Å². The number of aliphatic hydroxyl groups is 2. The number of rotatable bonds is 9. The van der Waals surface area contributed by atoms with Crippen LogP contribution in [0, 0.1) is 0 Å². The fourth-order valence-electron chi connectivity index (χ4n) is 4.56. The van der Waals surface area contributed by atoms with Gasteiger partial charge < -0.3 is 53.0 Å². The standard InChI is InChI=1S/C26H37N7O9S2/c27-15-11-43-44-12-19(32-25(41)20-2-1-7-33(20)26(42)18(10-35)31-22(15)38)24(40)29-16(8-13-3-5-14(36)6-4-13)23(39)30-17(9-34)21(28)37/h3-6,15-20,34-36H,1-2,7-12,27H2,(H2,28,37)(H,29,40)(H,30,39)(H,31,38)(H,32,41)/t15-,16-,17-,18-,19-,20-/m0/s1. The number of amides is 6. The zero-order valence-corrected chi connectivity index (χ0v) is 25.3. The minimum atomic E-state index is -1.42. The number of phenolic OH excluding ortho intramolecular Hbond substituents is 1. The van der Waals surface area contributed by atoms with E-state index in [-0.39, 0.29) is 36.6 Å². The van der Waals surface area contributed by atoms with Crippen molar-refractivity contribution < 1.29 is 44.1 Å².